The van der Waals surface area contributed by atoms with E-state index >= 15 is 0 Å². The Kier molecular flexibility index (Phi) is 13.7. The standard InChI is InChI=1S/C35H51N4P2.C5H5.Fe/c1-33(2,3)41(34(4,5)6)24-28-29(35(40,31-36-19-13-20-37-31)32-38-21-14-22-39-32)23-27(25-15-9-7-10-16-25)30(28)26-17-11-8-12-18-26;1-2-4-5-3-1;/h7-12,15-18,23,31-32,36-39H,13-14,19-22,24,40H2,1-6H3;1-5H;/q2*-1;+2. The van der Waals surface area contributed by atoms with E-state index in [0.29, 0.717) is 0 Å². The molecule has 254 valence electrons. The van der Waals surface area contributed by atoms with Crippen LogP contribution >= 0.6 is 17.2 Å². The van der Waals surface area contributed by atoms with Crippen molar-refractivity contribution in [2.24, 2.45) is 0 Å². The molecule has 47 heavy (non-hydrogen) atoms. The summed E-state index contributed by atoms with van der Waals surface area (Å²) in [4.78, 5) is 0. The zero-order chi connectivity index (χ0) is 32.8. The van der Waals surface area contributed by atoms with Gasteiger partial charge in [-0.1, -0.05) is 120 Å². The molecule has 4 aromatic rings. The van der Waals surface area contributed by atoms with Crippen molar-refractivity contribution in [1.29, 1.82) is 0 Å². The molecule has 4 nitrogen and oxygen atoms in total. The topological polar surface area (TPSA) is 48.1 Å². The van der Waals surface area contributed by atoms with Crippen LogP contribution in [0.1, 0.15) is 65.5 Å². The van der Waals surface area contributed by atoms with Crippen LogP contribution in [-0.4, -0.2) is 48.8 Å². The van der Waals surface area contributed by atoms with E-state index in [9.17, 15) is 0 Å². The quantitative estimate of drug-likeness (QED) is 0.0882. The number of hydrogen-bond donors (Lipinski definition) is 4. The summed E-state index contributed by atoms with van der Waals surface area (Å²) in [6, 6.07) is 34.7. The van der Waals surface area contributed by atoms with Crippen LogP contribution in [0.15, 0.2) is 97.1 Å². The van der Waals surface area contributed by atoms with Gasteiger partial charge in [-0.15, -0.1) is 38.6 Å². The van der Waals surface area contributed by atoms with E-state index in [1.807, 2.05) is 30.3 Å². The van der Waals surface area contributed by atoms with Crippen LogP contribution in [-0.2, 0) is 28.4 Å². The summed E-state index contributed by atoms with van der Waals surface area (Å²) in [5.41, 5.74) is 8.32. The Labute approximate surface area is 299 Å². The Morgan fingerprint density at radius 1 is 0.723 bits per heavy atom. The van der Waals surface area contributed by atoms with Crippen LogP contribution in [0.5, 0.6) is 0 Å². The minimum atomic E-state index is -0.370. The van der Waals surface area contributed by atoms with E-state index < -0.39 is 0 Å². The van der Waals surface area contributed by atoms with Gasteiger partial charge in [-0.2, -0.15) is 18.2 Å². The van der Waals surface area contributed by atoms with E-state index in [-0.39, 0.29) is 52.8 Å². The minimum Gasteiger partial charge on any atom is -0.301 e. The molecule has 1 atom stereocenters. The first-order valence-corrected chi connectivity index (χ1v) is 19.2. The largest absolute Gasteiger partial charge is 2.00 e. The third kappa shape index (κ3) is 9.13. The first-order chi connectivity index (χ1) is 22.0. The zero-order valence-corrected chi connectivity index (χ0v) is 32.4. The van der Waals surface area contributed by atoms with Gasteiger partial charge in [-0.3, -0.25) is 0 Å². The fraction of sp³-hybridized carbons (Fsp3) is 0.450. The maximum absolute atomic E-state index is 3.90. The molecular weight excluding hydrogens is 654 g/mol. The Balaban J connectivity index is 0.000000762. The average molecular weight is 711 g/mol. The van der Waals surface area contributed by atoms with E-state index in [2.05, 4.69) is 139 Å². The fourth-order valence-corrected chi connectivity index (χ4v) is 11.7. The van der Waals surface area contributed by atoms with Crippen LogP contribution in [0.3, 0.4) is 0 Å². The SMILES string of the molecule is CC(C)(C)P(Cc1c(C(P)(C2NCCCN2)C2NCCCN2)cc(-c2ccccc2)[c-]1-c1ccccc1)C(C)(C)C.[Fe+2].c1cc[cH-]c1. The summed E-state index contributed by atoms with van der Waals surface area (Å²) in [5.74, 6) is 0. The van der Waals surface area contributed by atoms with Gasteiger partial charge >= 0.3 is 17.1 Å². The Bertz CT molecular complexity index is 1410. The van der Waals surface area contributed by atoms with Gasteiger partial charge in [0, 0.05) is 5.16 Å². The Hall–Kier alpha value is -1.64. The van der Waals surface area contributed by atoms with E-state index in [4.69, 9.17) is 0 Å². The van der Waals surface area contributed by atoms with Crippen LogP contribution in [0.25, 0.3) is 22.3 Å². The number of rotatable bonds is 7. The number of hydrogen-bond acceptors (Lipinski definition) is 4. The third-order valence-corrected chi connectivity index (χ3v) is 14.2. The second-order valence-corrected chi connectivity index (χ2v) is 19.6. The van der Waals surface area contributed by atoms with Gasteiger partial charge < -0.3 is 21.3 Å². The summed E-state index contributed by atoms with van der Waals surface area (Å²) in [6.07, 6.45) is 3.66. The van der Waals surface area contributed by atoms with Crippen molar-refractivity contribution >= 4 is 17.2 Å². The molecule has 0 spiro atoms. The minimum absolute atomic E-state index is 0. The summed E-state index contributed by atoms with van der Waals surface area (Å²) >= 11 is 0. The van der Waals surface area contributed by atoms with E-state index in [0.717, 1.165) is 45.2 Å². The second-order valence-electron chi connectivity index (χ2n) is 14.8. The predicted octanol–water partition coefficient (Wildman–Crippen LogP) is 8.61. The first-order valence-electron chi connectivity index (χ1n) is 17.1. The smallest absolute Gasteiger partial charge is 0.301 e. The first kappa shape index (κ1) is 38.2. The molecule has 0 saturated carbocycles. The van der Waals surface area contributed by atoms with Crippen LogP contribution in [0.4, 0.5) is 0 Å². The molecule has 0 aromatic heterocycles. The molecular formula is C40H56FeN4P2. The van der Waals surface area contributed by atoms with Gasteiger partial charge in [0.1, 0.15) is 0 Å². The van der Waals surface area contributed by atoms with Gasteiger partial charge in [0.15, 0.2) is 0 Å². The van der Waals surface area contributed by atoms with Crippen molar-refractivity contribution in [2.75, 3.05) is 26.2 Å². The normalized spacial score (nSPS) is 16.8. The number of benzene rings is 2. The molecule has 4 N–H and O–H groups in total. The van der Waals surface area contributed by atoms with Gasteiger partial charge in [0.2, 0.25) is 0 Å². The predicted molar refractivity (Wildman–Crippen MR) is 205 cm³/mol. The Morgan fingerprint density at radius 2 is 1.19 bits per heavy atom. The summed E-state index contributed by atoms with van der Waals surface area (Å²) < 4.78 is 0. The molecule has 0 bridgehead atoms. The molecule has 2 heterocycles. The second kappa shape index (κ2) is 16.8. The summed E-state index contributed by atoms with van der Waals surface area (Å²) in [6.45, 7) is 18.9. The van der Waals surface area contributed by atoms with E-state index in [1.54, 1.807) is 0 Å². The maximum Gasteiger partial charge on any atom is 2.00 e. The van der Waals surface area contributed by atoms with Crippen molar-refractivity contribution in [3.63, 3.8) is 0 Å². The average Bonchev–Trinajstić information content (AvgIpc) is 3.77. The Morgan fingerprint density at radius 3 is 1.62 bits per heavy atom. The molecule has 0 radical (unpaired) electrons. The van der Waals surface area contributed by atoms with Crippen molar-refractivity contribution in [1.82, 2.24) is 21.3 Å². The van der Waals surface area contributed by atoms with Gasteiger partial charge in [0.05, 0.1) is 12.3 Å². The zero-order valence-electron chi connectivity index (χ0n) is 29.2. The maximum atomic E-state index is 3.90. The van der Waals surface area contributed by atoms with Crippen molar-refractivity contribution in [3.8, 4) is 22.3 Å². The van der Waals surface area contributed by atoms with E-state index in [1.165, 1.54) is 33.4 Å². The molecule has 4 aromatic carbocycles. The monoisotopic (exact) mass is 710 g/mol. The molecule has 2 saturated heterocycles. The third-order valence-electron chi connectivity index (χ3n) is 9.35. The molecule has 2 aliphatic heterocycles. The van der Waals surface area contributed by atoms with Crippen LogP contribution < -0.4 is 21.3 Å². The molecule has 7 heteroatoms. The van der Waals surface area contributed by atoms with Crippen molar-refractivity contribution < 1.29 is 17.1 Å². The van der Waals surface area contributed by atoms with Gasteiger partial charge in [-0.05, 0) is 55.5 Å². The molecule has 2 aliphatic rings. The fourth-order valence-electron chi connectivity index (χ4n) is 7.35. The van der Waals surface area contributed by atoms with Crippen molar-refractivity contribution in [2.45, 2.75) is 88.3 Å². The van der Waals surface area contributed by atoms with Gasteiger partial charge in [-0.25, -0.2) is 12.1 Å². The molecule has 6 rings (SSSR count). The van der Waals surface area contributed by atoms with Gasteiger partial charge in [0.25, 0.3) is 0 Å². The molecule has 0 amide bonds. The molecule has 2 fully saturated rings. The van der Waals surface area contributed by atoms with Crippen molar-refractivity contribution in [3.05, 3.63) is 108 Å². The van der Waals surface area contributed by atoms with Crippen LogP contribution in [0, 0.1) is 0 Å². The summed E-state index contributed by atoms with van der Waals surface area (Å²) in [7, 11) is 3.02. The number of nitrogens with one attached hydrogen (secondary N) is 4. The molecule has 0 aliphatic carbocycles. The molecule has 1 unspecified atom stereocenters. The van der Waals surface area contributed by atoms with Crippen LogP contribution in [0.2, 0.25) is 0 Å². The summed E-state index contributed by atoms with van der Waals surface area (Å²) in [5, 5.41) is 15.7.